The average Bonchev–Trinajstić information content (AvgIpc) is 2.74. The van der Waals surface area contributed by atoms with Crippen molar-refractivity contribution in [3.63, 3.8) is 0 Å². The van der Waals surface area contributed by atoms with Gasteiger partial charge in [0.15, 0.2) is 0 Å². The Labute approximate surface area is 105 Å². The van der Waals surface area contributed by atoms with Crippen molar-refractivity contribution in [1.82, 2.24) is 5.32 Å². The minimum Gasteiger partial charge on any atom is -0.481 e. The molecule has 0 aromatic carbocycles. The summed E-state index contributed by atoms with van der Waals surface area (Å²) in [6.07, 6.45) is 1.83. The number of carboxylic acids is 1. The van der Waals surface area contributed by atoms with E-state index >= 15 is 0 Å². The predicted octanol–water partition coefficient (Wildman–Crippen LogP) is 0.554. The van der Waals surface area contributed by atoms with Gasteiger partial charge in [0.1, 0.15) is 5.76 Å². The molecule has 0 radical (unpaired) electrons. The third-order valence-corrected chi connectivity index (χ3v) is 2.38. The molecule has 0 saturated carbocycles. The Morgan fingerprint density at radius 2 is 2.22 bits per heavy atom. The van der Waals surface area contributed by atoms with E-state index in [2.05, 4.69) is 5.32 Å². The molecule has 0 spiro atoms. The number of aliphatic hydroxyl groups is 1. The van der Waals surface area contributed by atoms with Crippen molar-refractivity contribution in [2.75, 3.05) is 6.54 Å². The normalized spacial score (nSPS) is 13.9. The summed E-state index contributed by atoms with van der Waals surface area (Å²) in [4.78, 5) is 21.9. The van der Waals surface area contributed by atoms with E-state index in [0.717, 1.165) is 0 Å². The average molecular weight is 255 g/mol. The summed E-state index contributed by atoms with van der Waals surface area (Å²) in [5.41, 5.74) is -1.44. The number of aliphatic carboxylic acids is 1. The van der Waals surface area contributed by atoms with E-state index in [0.29, 0.717) is 12.2 Å². The first-order valence-electron chi connectivity index (χ1n) is 5.62. The van der Waals surface area contributed by atoms with Gasteiger partial charge in [0.25, 0.3) is 0 Å². The van der Waals surface area contributed by atoms with E-state index in [9.17, 15) is 14.7 Å². The van der Waals surface area contributed by atoms with Crippen LogP contribution in [0.25, 0.3) is 0 Å². The van der Waals surface area contributed by atoms with Crippen molar-refractivity contribution in [3.8, 4) is 0 Å². The third-order valence-electron chi connectivity index (χ3n) is 2.38. The minimum absolute atomic E-state index is 0.0870. The Balaban J connectivity index is 2.26. The zero-order valence-corrected chi connectivity index (χ0v) is 10.2. The van der Waals surface area contributed by atoms with Gasteiger partial charge in [0.2, 0.25) is 5.91 Å². The Morgan fingerprint density at radius 3 is 2.78 bits per heavy atom. The van der Waals surface area contributed by atoms with Crippen LogP contribution in [0.5, 0.6) is 0 Å². The second-order valence-electron chi connectivity index (χ2n) is 4.42. The van der Waals surface area contributed by atoms with Crippen LogP contribution in [0.1, 0.15) is 25.5 Å². The van der Waals surface area contributed by atoms with Gasteiger partial charge >= 0.3 is 5.97 Å². The van der Waals surface area contributed by atoms with Gasteiger partial charge < -0.3 is 19.9 Å². The number of furan rings is 1. The Hall–Kier alpha value is -1.82. The predicted molar refractivity (Wildman–Crippen MR) is 62.9 cm³/mol. The fraction of sp³-hybridized carbons (Fsp3) is 0.500. The van der Waals surface area contributed by atoms with E-state index in [1.807, 2.05) is 0 Å². The number of hydrogen-bond acceptors (Lipinski definition) is 4. The first-order chi connectivity index (χ1) is 8.39. The molecule has 1 aromatic rings. The maximum atomic E-state index is 11.5. The van der Waals surface area contributed by atoms with Crippen molar-refractivity contribution in [2.24, 2.45) is 0 Å². The van der Waals surface area contributed by atoms with Crippen LogP contribution in [0.15, 0.2) is 22.8 Å². The number of carboxylic acid groups (broad SMARTS) is 1. The van der Waals surface area contributed by atoms with Gasteiger partial charge in [-0.05, 0) is 19.1 Å². The molecule has 0 saturated heterocycles. The first-order valence-corrected chi connectivity index (χ1v) is 5.62. The van der Waals surface area contributed by atoms with Gasteiger partial charge in [-0.3, -0.25) is 9.59 Å². The van der Waals surface area contributed by atoms with Gasteiger partial charge in [0.05, 0.1) is 18.3 Å². The largest absolute Gasteiger partial charge is 0.481 e. The van der Waals surface area contributed by atoms with E-state index < -0.39 is 18.0 Å². The lowest BCUT2D eigenvalue weighted by Crippen LogP contribution is -2.42. The highest BCUT2D eigenvalue weighted by atomic mass is 16.4. The fourth-order valence-electron chi connectivity index (χ4n) is 1.46. The molecule has 6 nitrogen and oxygen atoms in total. The molecule has 1 amide bonds. The quantitative estimate of drug-likeness (QED) is 0.660. The summed E-state index contributed by atoms with van der Waals surface area (Å²) in [6.45, 7) is 1.28. The van der Waals surface area contributed by atoms with Crippen LogP contribution in [-0.2, 0) is 16.0 Å². The molecule has 0 aliphatic heterocycles. The number of nitrogens with one attached hydrogen (secondary N) is 1. The highest BCUT2D eigenvalue weighted by Gasteiger charge is 2.24. The standard InChI is InChI=1S/C12H17NO5/c1-12(17,7-11(15)16)8-13-10(14)5-4-9-3-2-6-18-9/h2-3,6,17H,4-5,7-8H2,1H3,(H,13,14)(H,15,16). The Bertz CT molecular complexity index is 397. The SMILES string of the molecule is CC(O)(CNC(=O)CCc1ccco1)CC(=O)O. The molecule has 1 rings (SSSR count). The zero-order valence-electron chi connectivity index (χ0n) is 10.2. The highest BCUT2D eigenvalue weighted by Crippen LogP contribution is 2.08. The molecular weight excluding hydrogens is 238 g/mol. The van der Waals surface area contributed by atoms with Crippen LogP contribution >= 0.6 is 0 Å². The highest BCUT2D eigenvalue weighted by molar-refractivity contribution is 5.76. The lowest BCUT2D eigenvalue weighted by atomic mass is 10.0. The van der Waals surface area contributed by atoms with Crippen LogP contribution in [0, 0.1) is 0 Å². The van der Waals surface area contributed by atoms with Gasteiger partial charge in [-0.25, -0.2) is 0 Å². The summed E-state index contributed by atoms with van der Waals surface area (Å²) in [7, 11) is 0. The molecule has 3 N–H and O–H groups in total. The molecule has 1 aromatic heterocycles. The van der Waals surface area contributed by atoms with Crippen molar-refractivity contribution in [1.29, 1.82) is 0 Å². The van der Waals surface area contributed by atoms with Crippen molar-refractivity contribution < 1.29 is 24.2 Å². The molecule has 1 unspecified atom stereocenters. The number of amides is 1. The molecule has 0 aliphatic carbocycles. The molecule has 0 fully saturated rings. The van der Waals surface area contributed by atoms with Crippen LogP contribution in [0.4, 0.5) is 0 Å². The van der Waals surface area contributed by atoms with Crippen molar-refractivity contribution >= 4 is 11.9 Å². The van der Waals surface area contributed by atoms with Gasteiger partial charge in [0, 0.05) is 19.4 Å². The van der Waals surface area contributed by atoms with Gasteiger partial charge in [-0.1, -0.05) is 0 Å². The number of aryl methyl sites for hydroxylation is 1. The topological polar surface area (TPSA) is 99.8 Å². The summed E-state index contributed by atoms with van der Waals surface area (Å²) >= 11 is 0. The van der Waals surface area contributed by atoms with E-state index in [4.69, 9.17) is 9.52 Å². The molecule has 18 heavy (non-hydrogen) atoms. The van der Waals surface area contributed by atoms with E-state index in [1.165, 1.54) is 13.2 Å². The number of carbonyl (C=O) groups excluding carboxylic acids is 1. The molecule has 0 bridgehead atoms. The Morgan fingerprint density at radius 1 is 1.50 bits per heavy atom. The molecule has 6 heteroatoms. The van der Waals surface area contributed by atoms with Crippen molar-refractivity contribution in [2.45, 2.75) is 31.8 Å². The maximum absolute atomic E-state index is 11.5. The van der Waals surface area contributed by atoms with Crippen LogP contribution in [0.3, 0.4) is 0 Å². The van der Waals surface area contributed by atoms with Crippen LogP contribution in [-0.4, -0.2) is 34.2 Å². The maximum Gasteiger partial charge on any atom is 0.306 e. The summed E-state index contributed by atoms with van der Waals surface area (Å²) in [5, 5.41) is 20.7. The lowest BCUT2D eigenvalue weighted by Gasteiger charge is -2.21. The Kier molecular flexibility index (Phi) is 4.91. The molecule has 100 valence electrons. The second-order valence-corrected chi connectivity index (χ2v) is 4.42. The van der Waals surface area contributed by atoms with Gasteiger partial charge in [-0.15, -0.1) is 0 Å². The summed E-state index contributed by atoms with van der Waals surface area (Å²) in [6, 6.07) is 3.51. The van der Waals surface area contributed by atoms with Crippen molar-refractivity contribution in [3.05, 3.63) is 24.2 Å². The number of carbonyl (C=O) groups is 2. The minimum atomic E-state index is -1.44. The molecule has 1 heterocycles. The lowest BCUT2D eigenvalue weighted by molar-refractivity contribution is -0.142. The van der Waals surface area contributed by atoms with E-state index in [-0.39, 0.29) is 18.9 Å². The van der Waals surface area contributed by atoms with Gasteiger partial charge in [-0.2, -0.15) is 0 Å². The smallest absolute Gasteiger partial charge is 0.306 e. The second kappa shape index (κ2) is 6.20. The summed E-state index contributed by atoms with van der Waals surface area (Å²) in [5.74, 6) is -0.649. The number of rotatable bonds is 7. The van der Waals surface area contributed by atoms with E-state index in [1.54, 1.807) is 12.1 Å². The molecule has 1 atom stereocenters. The molecule has 0 aliphatic rings. The molecular formula is C12H17NO5. The zero-order chi connectivity index (χ0) is 13.6. The van der Waals surface area contributed by atoms with Crippen LogP contribution < -0.4 is 5.32 Å². The number of hydrogen-bond donors (Lipinski definition) is 3. The summed E-state index contributed by atoms with van der Waals surface area (Å²) < 4.78 is 5.07. The third kappa shape index (κ3) is 5.49. The first kappa shape index (κ1) is 14.2. The monoisotopic (exact) mass is 255 g/mol. The fourth-order valence-corrected chi connectivity index (χ4v) is 1.46. The van der Waals surface area contributed by atoms with Crippen LogP contribution in [0.2, 0.25) is 0 Å².